The molecule has 0 aromatic carbocycles. The highest BCUT2D eigenvalue weighted by Gasteiger charge is 2.12. The van der Waals surface area contributed by atoms with Gasteiger partial charge in [0.25, 0.3) is 5.91 Å². The summed E-state index contributed by atoms with van der Waals surface area (Å²) in [6.45, 7) is 0.147. The van der Waals surface area contributed by atoms with E-state index >= 15 is 0 Å². The van der Waals surface area contributed by atoms with Gasteiger partial charge in [-0.2, -0.15) is 0 Å². The molecule has 0 bridgehead atoms. The van der Waals surface area contributed by atoms with Gasteiger partial charge in [-0.3, -0.25) is 9.79 Å². The molecule has 5 heteroatoms. The van der Waals surface area contributed by atoms with Crippen molar-refractivity contribution in [3.8, 4) is 0 Å². The van der Waals surface area contributed by atoms with Crippen LogP contribution in [0.2, 0.25) is 0 Å². The van der Waals surface area contributed by atoms with Crippen LogP contribution in [0.3, 0.4) is 0 Å². The van der Waals surface area contributed by atoms with E-state index in [2.05, 4.69) is 10.3 Å². The highest BCUT2D eigenvalue weighted by Crippen LogP contribution is 2.00. The Labute approximate surface area is 57.2 Å². The molecule has 0 atom stereocenters. The smallest absolute Gasteiger partial charge is 0.251 e. The van der Waals surface area contributed by atoms with Crippen molar-refractivity contribution in [1.82, 2.24) is 5.32 Å². The van der Waals surface area contributed by atoms with Crippen molar-refractivity contribution in [3.05, 3.63) is 11.5 Å². The Hall–Kier alpha value is -1.52. The second-order valence-electron chi connectivity index (χ2n) is 1.81. The fourth-order valence-electron chi connectivity index (χ4n) is 0.600. The van der Waals surface area contributed by atoms with Crippen LogP contribution in [-0.2, 0) is 4.79 Å². The molecule has 5 nitrogen and oxygen atoms in total. The molecule has 1 amide bonds. The lowest BCUT2D eigenvalue weighted by Gasteiger charge is -2.08. The van der Waals surface area contributed by atoms with Crippen molar-refractivity contribution >= 4 is 12.2 Å². The van der Waals surface area contributed by atoms with Gasteiger partial charge in [0.05, 0.1) is 18.5 Å². The molecule has 0 aromatic heterocycles. The number of aliphatic hydroxyl groups excluding tert-OH is 1. The maximum atomic E-state index is 10.5. The third-order valence-corrected chi connectivity index (χ3v) is 1.13. The first-order chi connectivity index (χ1) is 4.72. The number of carbonyl (C=O) groups excluding carboxylic acids is 1. The number of aliphatic imine (C=N–C) groups is 1. The van der Waals surface area contributed by atoms with Crippen molar-refractivity contribution in [2.24, 2.45) is 10.7 Å². The van der Waals surface area contributed by atoms with E-state index in [9.17, 15) is 4.79 Å². The largest absolute Gasteiger partial charge is 0.494 e. The first kappa shape index (κ1) is 6.60. The standard InChI is InChI=1S/C5H7N3O2/c6-4(9)3-1-7-2-8-5(3)10/h2,10H,1H2,(H2,6,9)(H,7,8). The van der Waals surface area contributed by atoms with E-state index in [0.29, 0.717) is 0 Å². The number of primary amides is 1. The van der Waals surface area contributed by atoms with Gasteiger partial charge in [-0.1, -0.05) is 0 Å². The Bertz CT molecular complexity index is 219. The Kier molecular flexibility index (Phi) is 1.57. The number of amides is 1. The zero-order valence-electron chi connectivity index (χ0n) is 5.16. The normalized spacial score (nSPS) is 16.8. The molecule has 0 saturated carbocycles. The number of aliphatic hydroxyl groups is 1. The van der Waals surface area contributed by atoms with Crippen LogP contribution < -0.4 is 11.1 Å². The SMILES string of the molecule is NC(=O)C1=C(O)NC=NC1. The maximum Gasteiger partial charge on any atom is 0.251 e. The lowest BCUT2D eigenvalue weighted by Crippen LogP contribution is -2.26. The number of nitrogens with two attached hydrogens (primary N) is 1. The summed E-state index contributed by atoms with van der Waals surface area (Å²) in [6, 6.07) is 0. The second kappa shape index (κ2) is 2.38. The van der Waals surface area contributed by atoms with Gasteiger partial charge in [-0.05, 0) is 0 Å². The Morgan fingerprint density at radius 2 is 2.60 bits per heavy atom. The van der Waals surface area contributed by atoms with E-state index in [1.165, 1.54) is 6.34 Å². The number of rotatable bonds is 1. The minimum Gasteiger partial charge on any atom is -0.494 e. The van der Waals surface area contributed by atoms with Crippen LogP contribution in [0.4, 0.5) is 0 Å². The zero-order chi connectivity index (χ0) is 7.56. The fraction of sp³-hybridized carbons (Fsp3) is 0.200. The minimum atomic E-state index is -0.651. The molecule has 0 unspecified atom stereocenters. The summed E-state index contributed by atoms with van der Waals surface area (Å²) in [5.41, 5.74) is 5.00. The third-order valence-electron chi connectivity index (χ3n) is 1.13. The molecule has 1 aliphatic heterocycles. The molecule has 0 spiro atoms. The highest BCUT2D eigenvalue weighted by atomic mass is 16.3. The number of nitrogens with zero attached hydrogens (tertiary/aromatic N) is 1. The van der Waals surface area contributed by atoms with Gasteiger partial charge in [0, 0.05) is 0 Å². The molecule has 0 saturated heterocycles. The molecule has 1 rings (SSSR count). The zero-order valence-corrected chi connectivity index (χ0v) is 5.16. The average Bonchev–Trinajstić information content (AvgIpc) is 1.88. The summed E-state index contributed by atoms with van der Waals surface area (Å²) >= 11 is 0. The lowest BCUT2D eigenvalue weighted by atomic mass is 10.2. The number of hydrogen-bond donors (Lipinski definition) is 3. The Morgan fingerprint density at radius 3 is 3.00 bits per heavy atom. The molecule has 10 heavy (non-hydrogen) atoms. The second-order valence-corrected chi connectivity index (χ2v) is 1.81. The van der Waals surface area contributed by atoms with Crippen LogP contribution in [0, 0.1) is 0 Å². The van der Waals surface area contributed by atoms with Gasteiger partial charge < -0.3 is 16.2 Å². The Morgan fingerprint density at radius 1 is 1.90 bits per heavy atom. The Balaban J connectivity index is 2.81. The van der Waals surface area contributed by atoms with Crippen LogP contribution in [-0.4, -0.2) is 23.9 Å². The predicted molar refractivity (Wildman–Crippen MR) is 35.3 cm³/mol. The van der Waals surface area contributed by atoms with Gasteiger partial charge in [0.1, 0.15) is 0 Å². The molecule has 0 aromatic rings. The van der Waals surface area contributed by atoms with E-state index < -0.39 is 5.91 Å². The molecule has 4 N–H and O–H groups in total. The first-order valence-corrected chi connectivity index (χ1v) is 2.68. The number of nitrogens with one attached hydrogen (secondary N) is 1. The summed E-state index contributed by atoms with van der Waals surface area (Å²) in [7, 11) is 0. The summed E-state index contributed by atoms with van der Waals surface area (Å²) in [4.78, 5) is 14.1. The number of hydrogen-bond acceptors (Lipinski definition) is 4. The minimum absolute atomic E-state index is 0.113. The predicted octanol–water partition coefficient (Wildman–Crippen LogP) is -1.13. The van der Waals surface area contributed by atoms with Crippen molar-refractivity contribution in [3.63, 3.8) is 0 Å². The van der Waals surface area contributed by atoms with Crippen LogP contribution in [0.5, 0.6) is 0 Å². The van der Waals surface area contributed by atoms with E-state index in [1.807, 2.05) is 0 Å². The quantitative estimate of drug-likeness (QED) is 0.432. The topological polar surface area (TPSA) is 87.7 Å². The van der Waals surface area contributed by atoms with Crippen molar-refractivity contribution in [1.29, 1.82) is 0 Å². The highest BCUT2D eigenvalue weighted by molar-refractivity contribution is 5.93. The van der Waals surface area contributed by atoms with Crippen molar-refractivity contribution in [2.45, 2.75) is 0 Å². The first-order valence-electron chi connectivity index (χ1n) is 2.68. The van der Waals surface area contributed by atoms with E-state index in [-0.39, 0.29) is 18.0 Å². The molecule has 0 fully saturated rings. The van der Waals surface area contributed by atoms with Crippen molar-refractivity contribution < 1.29 is 9.90 Å². The summed E-state index contributed by atoms with van der Waals surface area (Å²) < 4.78 is 0. The van der Waals surface area contributed by atoms with Crippen LogP contribution >= 0.6 is 0 Å². The van der Waals surface area contributed by atoms with Gasteiger partial charge in [0.2, 0.25) is 0 Å². The summed E-state index contributed by atoms with van der Waals surface area (Å²) in [5.74, 6) is -0.857. The van der Waals surface area contributed by atoms with Gasteiger partial charge in [-0.15, -0.1) is 0 Å². The van der Waals surface area contributed by atoms with Crippen molar-refractivity contribution in [2.75, 3.05) is 6.54 Å². The molecular weight excluding hydrogens is 134 g/mol. The molecule has 0 radical (unpaired) electrons. The summed E-state index contributed by atoms with van der Waals surface area (Å²) in [6.07, 6.45) is 1.31. The van der Waals surface area contributed by atoms with Gasteiger partial charge in [0.15, 0.2) is 5.88 Å². The molecule has 1 heterocycles. The molecule has 0 aliphatic carbocycles. The van der Waals surface area contributed by atoms with Crippen LogP contribution in [0.25, 0.3) is 0 Å². The van der Waals surface area contributed by atoms with Gasteiger partial charge in [-0.25, -0.2) is 0 Å². The van der Waals surface area contributed by atoms with E-state index in [4.69, 9.17) is 10.8 Å². The van der Waals surface area contributed by atoms with Crippen LogP contribution in [0.1, 0.15) is 0 Å². The number of carbonyl (C=O) groups is 1. The fourth-order valence-corrected chi connectivity index (χ4v) is 0.600. The molecular formula is C5H7N3O2. The summed E-state index contributed by atoms with van der Waals surface area (Å²) in [5, 5.41) is 11.3. The molecule has 54 valence electrons. The van der Waals surface area contributed by atoms with E-state index in [0.717, 1.165) is 0 Å². The average molecular weight is 141 g/mol. The van der Waals surface area contributed by atoms with E-state index in [1.54, 1.807) is 0 Å². The lowest BCUT2D eigenvalue weighted by molar-refractivity contribution is -0.114. The van der Waals surface area contributed by atoms with Gasteiger partial charge >= 0.3 is 0 Å². The monoisotopic (exact) mass is 141 g/mol. The molecule has 1 aliphatic rings. The maximum absolute atomic E-state index is 10.5. The third kappa shape index (κ3) is 1.07. The van der Waals surface area contributed by atoms with Crippen LogP contribution in [0.15, 0.2) is 16.4 Å².